The summed E-state index contributed by atoms with van der Waals surface area (Å²) < 4.78 is 67.7. The van der Waals surface area contributed by atoms with E-state index in [1.807, 2.05) is 121 Å². The summed E-state index contributed by atoms with van der Waals surface area (Å²) in [5.41, 5.74) is 0. The molecule has 0 aliphatic rings. The molecular formula is C34H49O9S2+. The van der Waals surface area contributed by atoms with Crippen molar-refractivity contribution >= 4 is 20.4 Å². The Hall–Kier alpha value is -2.80. The van der Waals surface area contributed by atoms with Gasteiger partial charge in [-0.3, -0.25) is 3.63 Å². The standard InChI is InChI=1S/C34H48O9S2/c1-8-12-22-44(35,36)43-45(32-19-13-16-29(23-32)40-26(5)37-9-2,33-20-14-17-30(24-33)41-27(6)38-10-3)34-21-15-18-31(25-34)42-28(7)39-11-4/h13-21,23-28H,8-12,22H2,1-7H3/p+1. The summed E-state index contributed by atoms with van der Waals surface area (Å²) in [6.07, 6.45) is -0.316. The smallest absolute Gasteiger partial charge is 0.390 e. The van der Waals surface area contributed by atoms with Crippen LogP contribution in [0.3, 0.4) is 0 Å². The van der Waals surface area contributed by atoms with Gasteiger partial charge in [0.05, 0.1) is 25.0 Å². The second-order valence-electron chi connectivity index (χ2n) is 10.1. The number of rotatable bonds is 20. The maximum Gasteiger partial charge on any atom is 0.390 e. The van der Waals surface area contributed by atoms with Gasteiger partial charge in [0.15, 0.2) is 18.9 Å². The lowest BCUT2D eigenvalue weighted by Gasteiger charge is -2.35. The Labute approximate surface area is 270 Å². The van der Waals surface area contributed by atoms with Gasteiger partial charge in [0.2, 0.25) is 0 Å². The molecule has 0 heterocycles. The average molecular weight is 666 g/mol. The SMILES string of the molecule is CCCCS(=O)(=O)[OH+]S(c1cccc(OC(C)OCC)c1)(c1cccc(OC(C)OCC)c1)c1cccc(OC(C)OCC)c1. The van der Waals surface area contributed by atoms with Crippen LogP contribution in [0, 0.1) is 0 Å². The molecule has 0 saturated carbocycles. The third kappa shape index (κ3) is 10.6. The molecular weight excluding hydrogens is 616 g/mol. The van der Waals surface area contributed by atoms with E-state index in [1.165, 1.54) is 0 Å². The normalized spacial score (nSPS) is 15.8. The quantitative estimate of drug-likeness (QED) is 0.0674. The first-order valence-electron chi connectivity index (χ1n) is 15.5. The van der Waals surface area contributed by atoms with E-state index in [2.05, 4.69) is 0 Å². The molecule has 250 valence electrons. The summed E-state index contributed by atoms with van der Waals surface area (Å²) >= 11 is 0. The molecule has 0 aliphatic heterocycles. The van der Waals surface area contributed by atoms with Crippen LogP contribution in [0.25, 0.3) is 0 Å². The van der Waals surface area contributed by atoms with Gasteiger partial charge in [0.1, 0.15) is 23.0 Å². The Bertz CT molecular complexity index is 1290. The van der Waals surface area contributed by atoms with Crippen molar-refractivity contribution in [2.45, 2.75) is 94.9 Å². The predicted molar refractivity (Wildman–Crippen MR) is 178 cm³/mol. The number of ether oxygens (including phenoxy) is 6. The van der Waals surface area contributed by atoms with Crippen molar-refractivity contribution in [3.63, 3.8) is 0 Å². The molecule has 0 spiro atoms. The number of unbranched alkanes of at least 4 members (excludes halogenated alkanes) is 1. The molecule has 3 aromatic rings. The molecule has 3 rings (SSSR count). The van der Waals surface area contributed by atoms with E-state index < -0.39 is 39.3 Å². The lowest BCUT2D eigenvalue weighted by Crippen LogP contribution is -2.22. The van der Waals surface area contributed by atoms with Crippen LogP contribution in [0.15, 0.2) is 87.5 Å². The van der Waals surface area contributed by atoms with Gasteiger partial charge in [0, 0.05) is 19.8 Å². The predicted octanol–water partition coefficient (Wildman–Crippen LogP) is 8.39. The fourth-order valence-electron chi connectivity index (χ4n) is 4.65. The summed E-state index contributed by atoms with van der Waals surface area (Å²) in [7, 11) is -6.77. The zero-order valence-electron chi connectivity index (χ0n) is 27.4. The Balaban J connectivity index is 2.33. The summed E-state index contributed by atoms with van der Waals surface area (Å²) in [5, 5.41) is 0. The van der Waals surface area contributed by atoms with Crippen LogP contribution in [0.2, 0.25) is 0 Å². The summed E-state index contributed by atoms with van der Waals surface area (Å²) in [5.74, 6) is 1.51. The number of hydrogen-bond donors (Lipinski definition) is 0. The van der Waals surface area contributed by atoms with Crippen molar-refractivity contribution in [3.05, 3.63) is 72.8 Å². The fraction of sp³-hybridized carbons (Fsp3) is 0.471. The minimum absolute atomic E-state index is 0.0784. The van der Waals surface area contributed by atoms with Crippen molar-refractivity contribution in [1.82, 2.24) is 0 Å². The van der Waals surface area contributed by atoms with E-state index in [0.717, 1.165) is 0 Å². The molecule has 0 radical (unpaired) electrons. The van der Waals surface area contributed by atoms with E-state index in [1.54, 1.807) is 0 Å². The van der Waals surface area contributed by atoms with E-state index in [0.29, 0.717) is 64.6 Å². The van der Waals surface area contributed by atoms with Gasteiger partial charge < -0.3 is 28.4 Å². The largest absolute Gasteiger partial charge is 0.465 e. The molecule has 0 fully saturated rings. The summed E-state index contributed by atoms with van der Waals surface area (Å²) in [6, 6.07) is 22.2. The van der Waals surface area contributed by atoms with Crippen LogP contribution in [0.4, 0.5) is 0 Å². The summed E-state index contributed by atoms with van der Waals surface area (Å²) in [4.78, 5) is 1.98. The first-order chi connectivity index (χ1) is 21.6. The van der Waals surface area contributed by atoms with Gasteiger partial charge >= 0.3 is 10.1 Å². The molecule has 0 amide bonds. The molecule has 3 atom stereocenters. The van der Waals surface area contributed by atoms with Crippen LogP contribution in [0.5, 0.6) is 17.2 Å². The highest BCUT2D eigenvalue weighted by Gasteiger charge is 2.43. The molecule has 0 saturated heterocycles. The third-order valence-corrected chi connectivity index (χ3v) is 11.9. The zero-order chi connectivity index (χ0) is 32.9. The molecule has 11 heteroatoms. The van der Waals surface area contributed by atoms with Crippen LogP contribution in [-0.2, 0) is 24.3 Å². The Morgan fingerprint density at radius 1 is 0.600 bits per heavy atom. The van der Waals surface area contributed by atoms with Crippen LogP contribution in [0.1, 0.15) is 61.3 Å². The summed E-state index contributed by atoms with van der Waals surface area (Å²) in [6.45, 7) is 14.6. The Morgan fingerprint density at radius 3 is 1.27 bits per heavy atom. The van der Waals surface area contributed by atoms with Gasteiger partial charge in [-0.1, -0.05) is 31.5 Å². The molecule has 3 unspecified atom stereocenters. The Morgan fingerprint density at radius 2 is 0.956 bits per heavy atom. The highest BCUT2D eigenvalue weighted by Crippen LogP contribution is 2.69. The first-order valence-corrected chi connectivity index (χ1v) is 18.7. The molecule has 45 heavy (non-hydrogen) atoms. The molecule has 0 aliphatic carbocycles. The second kappa shape index (κ2) is 17.8. The topological polar surface area (TPSA) is 102 Å². The highest BCUT2D eigenvalue weighted by atomic mass is 32.3. The average Bonchev–Trinajstić information content (AvgIpc) is 2.99. The van der Waals surface area contributed by atoms with Gasteiger partial charge in [0.25, 0.3) is 0 Å². The fourth-order valence-corrected chi connectivity index (χ4v) is 10.5. The molecule has 9 nitrogen and oxygen atoms in total. The van der Waals surface area contributed by atoms with Gasteiger partial charge in [-0.15, -0.1) is 0 Å². The van der Waals surface area contributed by atoms with Crippen LogP contribution >= 0.6 is 10.3 Å². The maximum absolute atomic E-state index is 13.9. The highest BCUT2D eigenvalue weighted by molar-refractivity contribution is 8.32. The van der Waals surface area contributed by atoms with Crippen LogP contribution in [-0.4, -0.2) is 56.5 Å². The zero-order valence-corrected chi connectivity index (χ0v) is 29.1. The lowest BCUT2D eigenvalue weighted by molar-refractivity contribution is -0.0617. The van der Waals surface area contributed by atoms with Crippen molar-refractivity contribution in [1.29, 1.82) is 0 Å². The van der Waals surface area contributed by atoms with Gasteiger partial charge in [-0.2, -0.15) is 8.42 Å². The van der Waals surface area contributed by atoms with Crippen molar-refractivity contribution in [2.24, 2.45) is 0 Å². The second-order valence-corrected chi connectivity index (χ2v) is 14.9. The first kappa shape index (κ1) is 36.7. The maximum atomic E-state index is 13.9. The van der Waals surface area contributed by atoms with Crippen molar-refractivity contribution < 1.29 is 40.5 Å². The van der Waals surface area contributed by atoms with Crippen molar-refractivity contribution in [3.8, 4) is 17.2 Å². The number of hydrogen-bond acceptors (Lipinski definition) is 8. The third-order valence-electron chi connectivity index (χ3n) is 6.53. The minimum Gasteiger partial charge on any atom is -0.465 e. The number of benzene rings is 3. The molecule has 3 aromatic carbocycles. The lowest BCUT2D eigenvalue weighted by atomic mass is 10.3. The van der Waals surface area contributed by atoms with Gasteiger partial charge in [-0.25, -0.2) is 0 Å². The van der Waals surface area contributed by atoms with Gasteiger partial charge in [-0.05, 0) is 103 Å². The van der Waals surface area contributed by atoms with E-state index >= 15 is 0 Å². The Kier molecular flexibility index (Phi) is 14.5. The van der Waals surface area contributed by atoms with Crippen molar-refractivity contribution in [2.75, 3.05) is 25.6 Å². The van der Waals surface area contributed by atoms with E-state index in [-0.39, 0.29) is 5.75 Å². The molecule has 0 aromatic heterocycles. The monoisotopic (exact) mass is 665 g/mol. The van der Waals surface area contributed by atoms with E-state index in [9.17, 15) is 8.42 Å². The minimum atomic E-state index is -3.91. The molecule has 1 N–H and O–H groups in total. The van der Waals surface area contributed by atoms with E-state index in [4.69, 9.17) is 32.1 Å². The molecule has 0 bridgehead atoms. The van der Waals surface area contributed by atoms with Crippen LogP contribution < -0.4 is 14.2 Å².